The number of hydrogen-bond donors (Lipinski definition) is 1. The van der Waals surface area contributed by atoms with Crippen molar-refractivity contribution < 1.29 is 9.59 Å². The lowest BCUT2D eigenvalue weighted by Crippen LogP contribution is -2.33. The van der Waals surface area contributed by atoms with Crippen LogP contribution in [0, 0.1) is 0 Å². The summed E-state index contributed by atoms with van der Waals surface area (Å²) in [5.41, 5.74) is 1.15. The lowest BCUT2D eigenvalue weighted by atomic mass is 10.2. The van der Waals surface area contributed by atoms with E-state index in [1.165, 1.54) is 0 Å². The van der Waals surface area contributed by atoms with E-state index in [4.69, 9.17) is 11.6 Å². The highest BCUT2D eigenvalue weighted by Gasteiger charge is 2.10. The molecule has 0 aliphatic carbocycles. The van der Waals surface area contributed by atoms with E-state index in [1.807, 2.05) is 0 Å². The average Bonchev–Trinajstić information content (AvgIpc) is 2.28. The van der Waals surface area contributed by atoms with Crippen molar-refractivity contribution in [2.45, 2.75) is 0 Å². The molecule has 1 amide bonds. The fourth-order valence-electron chi connectivity index (χ4n) is 1.33. The minimum Gasteiger partial charge on any atom is -0.365 e. The van der Waals surface area contributed by atoms with Gasteiger partial charge < -0.3 is 10.2 Å². The Morgan fingerprint density at radius 3 is 2.81 bits per heavy atom. The van der Waals surface area contributed by atoms with Crippen molar-refractivity contribution in [1.29, 1.82) is 0 Å². The van der Waals surface area contributed by atoms with Crippen LogP contribution in [0.2, 0.25) is 5.02 Å². The number of aldehydes is 1. The zero-order chi connectivity index (χ0) is 12.1. The van der Waals surface area contributed by atoms with Gasteiger partial charge in [-0.15, -0.1) is 0 Å². The highest BCUT2D eigenvalue weighted by atomic mass is 35.5. The third-order valence-corrected chi connectivity index (χ3v) is 2.43. The van der Waals surface area contributed by atoms with Crippen LogP contribution in [-0.2, 0) is 4.79 Å². The van der Waals surface area contributed by atoms with Gasteiger partial charge in [0.2, 0.25) is 5.91 Å². The Morgan fingerprint density at radius 2 is 2.25 bits per heavy atom. The van der Waals surface area contributed by atoms with Gasteiger partial charge in [0, 0.05) is 30.4 Å². The molecule has 0 unspecified atom stereocenters. The average molecular weight is 241 g/mol. The Kier molecular flexibility index (Phi) is 4.31. The van der Waals surface area contributed by atoms with Crippen molar-refractivity contribution in [3.05, 3.63) is 28.8 Å². The van der Waals surface area contributed by atoms with Crippen molar-refractivity contribution in [1.82, 2.24) is 5.32 Å². The SMILES string of the molecule is CNC(=O)CN(C)c1cc(Cl)ccc1C=O. The summed E-state index contributed by atoms with van der Waals surface area (Å²) in [6.07, 6.45) is 0.742. The van der Waals surface area contributed by atoms with Crippen LogP contribution < -0.4 is 10.2 Å². The Hall–Kier alpha value is -1.55. The molecule has 0 aromatic heterocycles. The van der Waals surface area contributed by atoms with Crippen molar-refractivity contribution in [3.8, 4) is 0 Å². The molecular formula is C11H13ClN2O2. The summed E-state index contributed by atoms with van der Waals surface area (Å²) in [7, 11) is 3.29. The third kappa shape index (κ3) is 2.97. The summed E-state index contributed by atoms with van der Waals surface area (Å²) in [6, 6.07) is 4.93. The van der Waals surface area contributed by atoms with Gasteiger partial charge in [0.1, 0.15) is 0 Å². The van der Waals surface area contributed by atoms with Gasteiger partial charge in [-0.25, -0.2) is 0 Å². The number of nitrogens with zero attached hydrogens (tertiary/aromatic N) is 1. The van der Waals surface area contributed by atoms with E-state index in [0.29, 0.717) is 16.3 Å². The molecule has 0 spiro atoms. The zero-order valence-corrected chi connectivity index (χ0v) is 9.91. The van der Waals surface area contributed by atoms with E-state index >= 15 is 0 Å². The van der Waals surface area contributed by atoms with Gasteiger partial charge in [0.15, 0.2) is 6.29 Å². The zero-order valence-electron chi connectivity index (χ0n) is 9.16. The van der Waals surface area contributed by atoms with E-state index < -0.39 is 0 Å². The highest BCUT2D eigenvalue weighted by molar-refractivity contribution is 6.31. The van der Waals surface area contributed by atoms with E-state index in [0.717, 1.165) is 6.29 Å². The predicted octanol–water partition coefficient (Wildman–Crippen LogP) is 1.33. The molecule has 4 nitrogen and oxygen atoms in total. The second kappa shape index (κ2) is 5.51. The molecule has 0 saturated carbocycles. The number of anilines is 1. The maximum atomic E-state index is 11.2. The Morgan fingerprint density at radius 1 is 1.56 bits per heavy atom. The van der Waals surface area contributed by atoms with Crippen LogP contribution >= 0.6 is 11.6 Å². The van der Waals surface area contributed by atoms with Gasteiger partial charge in [0.05, 0.1) is 6.54 Å². The lowest BCUT2D eigenvalue weighted by Gasteiger charge is -2.20. The number of rotatable bonds is 4. The molecule has 86 valence electrons. The summed E-state index contributed by atoms with van der Waals surface area (Å²) in [4.78, 5) is 23.7. The molecule has 0 aliphatic heterocycles. The highest BCUT2D eigenvalue weighted by Crippen LogP contribution is 2.22. The smallest absolute Gasteiger partial charge is 0.239 e. The summed E-state index contributed by atoms with van der Waals surface area (Å²) in [5, 5.41) is 3.05. The number of amides is 1. The van der Waals surface area contributed by atoms with Gasteiger partial charge in [0.25, 0.3) is 0 Å². The molecule has 1 aromatic carbocycles. The number of carbonyl (C=O) groups excluding carboxylic acids is 2. The van der Waals surface area contributed by atoms with Crippen LogP contribution in [0.5, 0.6) is 0 Å². The first kappa shape index (κ1) is 12.5. The molecule has 0 heterocycles. The van der Waals surface area contributed by atoms with E-state index in [1.54, 1.807) is 37.2 Å². The largest absolute Gasteiger partial charge is 0.365 e. The third-order valence-electron chi connectivity index (χ3n) is 2.19. The van der Waals surface area contributed by atoms with Crippen molar-refractivity contribution >= 4 is 29.5 Å². The number of halogens is 1. The van der Waals surface area contributed by atoms with Gasteiger partial charge in [-0.3, -0.25) is 9.59 Å². The Bertz CT molecular complexity index is 407. The number of hydrogen-bond acceptors (Lipinski definition) is 3. The first-order chi connectivity index (χ1) is 7.58. The van der Waals surface area contributed by atoms with Crippen LogP contribution in [0.25, 0.3) is 0 Å². The number of nitrogens with one attached hydrogen (secondary N) is 1. The second-order valence-corrected chi connectivity index (χ2v) is 3.79. The fourth-order valence-corrected chi connectivity index (χ4v) is 1.49. The van der Waals surface area contributed by atoms with Crippen molar-refractivity contribution in [3.63, 3.8) is 0 Å². The van der Waals surface area contributed by atoms with Gasteiger partial charge >= 0.3 is 0 Å². The summed E-state index contributed by atoms with van der Waals surface area (Å²) in [5.74, 6) is -0.126. The van der Waals surface area contributed by atoms with Crippen molar-refractivity contribution in [2.75, 3.05) is 25.5 Å². The van der Waals surface area contributed by atoms with E-state index in [-0.39, 0.29) is 12.5 Å². The molecule has 0 aliphatic rings. The standard InChI is InChI=1S/C11H13ClN2O2/c1-13-11(16)6-14(2)10-5-9(12)4-3-8(10)7-15/h3-5,7H,6H2,1-2H3,(H,13,16). The summed E-state index contributed by atoms with van der Waals surface area (Å²) < 4.78 is 0. The molecule has 5 heteroatoms. The summed E-state index contributed by atoms with van der Waals surface area (Å²) >= 11 is 5.85. The molecule has 0 saturated heterocycles. The minimum atomic E-state index is -0.126. The molecule has 0 radical (unpaired) electrons. The van der Waals surface area contributed by atoms with Crippen LogP contribution in [0.15, 0.2) is 18.2 Å². The maximum Gasteiger partial charge on any atom is 0.239 e. The predicted molar refractivity (Wildman–Crippen MR) is 64.2 cm³/mol. The minimum absolute atomic E-state index is 0.126. The van der Waals surface area contributed by atoms with Crippen LogP contribution in [0.3, 0.4) is 0 Å². The van der Waals surface area contributed by atoms with Gasteiger partial charge in [-0.05, 0) is 18.2 Å². The maximum absolute atomic E-state index is 11.2. The number of likely N-dealkylation sites (N-methyl/N-ethyl adjacent to an activating group) is 2. The van der Waals surface area contributed by atoms with Crippen LogP contribution in [0.4, 0.5) is 5.69 Å². The fraction of sp³-hybridized carbons (Fsp3) is 0.273. The normalized spacial score (nSPS) is 9.69. The quantitative estimate of drug-likeness (QED) is 0.808. The van der Waals surface area contributed by atoms with E-state index in [9.17, 15) is 9.59 Å². The molecule has 16 heavy (non-hydrogen) atoms. The number of carbonyl (C=O) groups is 2. The van der Waals surface area contributed by atoms with Crippen LogP contribution in [-0.4, -0.2) is 32.8 Å². The lowest BCUT2D eigenvalue weighted by molar-refractivity contribution is -0.119. The topological polar surface area (TPSA) is 49.4 Å². The molecule has 1 N–H and O–H groups in total. The molecule has 1 aromatic rings. The number of benzene rings is 1. The first-order valence-electron chi connectivity index (χ1n) is 4.75. The molecule has 0 atom stereocenters. The Labute approximate surface area is 99.2 Å². The molecule has 0 bridgehead atoms. The molecular weight excluding hydrogens is 228 g/mol. The first-order valence-corrected chi connectivity index (χ1v) is 5.12. The monoisotopic (exact) mass is 240 g/mol. The molecule has 0 fully saturated rings. The van der Waals surface area contributed by atoms with E-state index in [2.05, 4.69) is 5.32 Å². The summed E-state index contributed by atoms with van der Waals surface area (Å²) in [6.45, 7) is 0.178. The van der Waals surface area contributed by atoms with Crippen molar-refractivity contribution in [2.24, 2.45) is 0 Å². The second-order valence-electron chi connectivity index (χ2n) is 3.35. The van der Waals surface area contributed by atoms with Gasteiger partial charge in [-0.1, -0.05) is 11.6 Å². The van der Waals surface area contributed by atoms with Crippen LogP contribution in [0.1, 0.15) is 10.4 Å². The molecule has 1 rings (SSSR count). The Balaban J connectivity index is 2.96. The van der Waals surface area contributed by atoms with Gasteiger partial charge in [-0.2, -0.15) is 0 Å².